The molecule has 90 valence electrons. The summed E-state index contributed by atoms with van der Waals surface area (Å²) in [5, 5.41) is 25.6. The van der Waals surface area contributed by atoms with Crippen molar-refractivity contribution in [1.82, 2.24) is 5.32 Å². The molecule has 0 bridgehead atoms. The van der Waals surface area contributed by atoms with E-state index in [1.807, 2.05) is 20.0 Å². The van der Waals surface area contributed by atoms with Gasteiger partial charge in [-0.25, -0.2) is 0 Å². The third-order valence-electron chi connectivity index (χ3n) is 2.42. The molecule has 0 aliphatic heterocycles. The second kappa shape index (κ2) is 5.82. The maximum absolute atomic E-state index is 10.6. The van der Waals surface area contributed by atoms with Crippen molar-refractivity contribution in [3.63, 3.8) is 0 Å². The number of nitro groups is 1. The molecular formula is C11H14N4O2. The summed E-state index contributed by atoms with van der Waals surface area (Å²) in [5.74, 6) is 0. The minimum absolute atomic E-state index is 0.0668. The SMILES string of the molecule is CNC(C)CNc1ccc([N+](=O)[O-])c(C#N)c1. The lowest BCUT2D eigenvalue weighted by Crippen LogP contribution is -2.29. The molecule has 0 amide bonds. The molecule has 0 saturated heterocycles. The molecule has 0 aliphatic carbocycles. The maximum Gasteiger partial charge on any atom is 0.287 e. The lowest BCUT2D eigenvalue weighted by molar-refractivity contribution is -0.385. The Labute approximate surface area is 99.4 Å². The van der Waals surface area contributed by atoms with Gasteiger partial charge in [-0.2, -0.15) is 5.26 Å². The molecule has 6 nitrogen and oxygen atoms in total. The Morgan fingerprint density at radius 1 is 1.59 bits per heavy atom. The van der Waals surface area contributed by atoms with Crippen LogP contribution in [0.25, 0.3) is 0 Å². The molecule has 0 saturated carbocycles. The van der Waals surface area contributed by atoms with E-state index in [-0.39, 0.29) is 17.3 Å². The Morgan fingerprint density at radius 3 is 2.82 bits per heavy atom. The number of benzene rings is 1. The zero-order valence-electron chi connectivity index (χ0n) is 9.73. The highest BCUT2D eigenvalue weighted by atomic mass is 16.6. The largest absolute Gasteiger partial charge is 0.383 e. The number of rotatable bonds is 5. The fraction of sp³-hybridized carbons (Fsp3) is 0.364. The van der Waals surface area contributed by atoms with Crippen molar-refractivity contribution in [2.24, 2.45) is 0 Å². The van der Waals surface area contributed by atoms with Gasteiger partial charge in [0.15, 0.2) is 0 Å². The number of anilines is 1. The summed E-state index contributed by atoms with van der Waals surface area (Å²) >= 11 is 0. The van der Waals surface area contributed by atoms with Gasteiger partial charge < -0.3 is 10.6 Å². The summed E-state index contributed by atoms with van der Waals surface area (Å²) < 4.78 is 0. The average Bonchev–Trinajstić information content (AvgIpc) is 2.35. The van der Waals surface area contributed by atoms with Crippen molar-refractivity contribution < 1.29 is 4.92 Å². The molecule has 0 spiro atoms. The second-order valence-corrected chi connectivity index (χ2v) is 3.67. The normalized spacial score (nSPS) is 11.6. The fourth-order valence-corrected chi connectivity index (χ4v) is 1.27. The molecule has 0 radical (unpaired) electrons. The van der Waals surface area contributed by atoms with Crippen LogP contribution in [0.1, 0.15) is 12.5 Å². The Morgan fingerprint density at radius 2 is 2.29 bits per heavy atom. The predicted molar refractivity (Wildman–Crippen MR) is 64.8 cm³/mol. The highest BCUT2D eigenvalue weighted by Gasteiger charge is 2.13. The molecule has 1 rings (SSSR count). The third-order valence-corrected chi connectivity index (χ3v) is 2.42. The minimum Gasteiger partial charge on any atom is -0.383 e. The van der Waals surface area contributed by atoms with Crippen LogP contribution in [0.3, 0.4) is 0 Å². The highest BCUT2D eigenvalue weighted by molar-refractivity contribution is 5.58. The predicted octanol–water partition coefficient (Wildman–Crippen LogP) is 1.49. The molecule has 0 fully saturated rings. The van der Waals surface area contributed by atoms with E-state index < -0.39 is 4.92 Å². The summed E-state index contributed by atoms with van der Waals surface area (Å²) in [5.41, 5.74) is 0.603. The van der Waals surface area contributed by atoms with Gasteiger partial charge in [0.1, 0.15) is 11.6 Å². The van der Waals surface area contributed by atoms with Gasteiger partial charge in [-0.3, -0.25) is 10.1 Å². The molecule has 6 heteroatoms. The van der Waals surface area contributed by atoms with Crippen molar-refractivity contribution in [2.45, 2.75) is 13.0 Å². The number of nitro benzene ring substituents is 1. The minimum atomic E-state index is -0.557. The topological polar surface area (TPSA) is 91.0 Å². The van der Waals surface area contributed by atoms with Crippen molar-refractivity contribution in [2.75, 3.05) is 18.9 Å². The van der Waals surface area contributed by atoms with Crippen molar-refractivity contribution in [3.05, 3.63) is 33.9 Å². The van der Waals surface area contributed by atoms with E-state index in [0.717, 1.165) is 0 Å². The first-order chi connectivity index (χ1) is 8.08. The van der Waals surface area contributed by atoms with Gasteiger partial charge in [0.25, 0.3) is 5.69 Å². The van der Waals surface area contributed by atoms with E-state index in [1.165, 1.54) is 12.1 Å². The summed E-state index contributed by atoms with van der Waals surface area (Å²) in [7, 11) is 1.85. The van der Waals surface area contributed by atoms with Gasteiger partial charge in [0.05, 0.1) is 4.92 Å². The highest BCUT2D eigenvalue weighted by Crippen LogP contribution is 2.21. The molecule has 1 atom stereocenters. The van der Waals surface area contributed by atoms with Crippen molar-refractivity contribution in [3.8, 4) is 6.07 Å². The molecule has 1 aromatic rings. The van der Waals surface area contributed by atoms with Gasteiger partial charge in [-0.15, -0.1) is 0 Å². The van der Waals surface area contributed by atoms with Crippen LogP contribution in [0.15, 0.2) is 18.2 Å². The quantitative estimate of drug-likeness (QED) is 0.595. The summed E-state index contributed by atoms with van der Waals surface area (Å²) in [6.45, 7) is 2.68. The standard InChI is InChI=1S/C11H14N4O2/c1-8(13-2)7-14-10-3-4-11(15(16)17)9(5-10)6-12/h3-5,8,13-14H,7H2,1-2H3. The van der Waals surface area contributed by atoms with Crippen LogP contribution < -0.4 is 10.6 Å². The molecule has 0 heterocycles. The Hall–Kier alpha value is -2.13. The smallest absolute Gasteiger partial charge is 0.287 e. The van der Waals surface area contributed by atoms with Crippen LogP contribution >= 0.6 is 0 Å². The zero-order valence-corrected chi connectivity index (χ0v) is 9.73. The molecular weight excluding hydrogens is 220 g/mol. The third kappa shape index (κ3) is 3.43. The molecule has 0 aliphatic rings. The Bertz CT molecular complexity index is 453. The molecule has 2 N–H and O–H groups in total. The first kappa shape index (κ1) is 12.9. The van der Waals surface area contributed by atoms with Gasteiger partial charge in [-0.1, -0.05) is 0 Å². The van der Waals surface area contributed by atoms with Gasteiger partial charge in [-0.05, 0) is 26.1 Å². The van der Waals surface area contributed by atoms with Crippen LogP contribution in [-0.4, -0.2) is 24.6 Å². The number of nitrogens with one attached hydrogen (secondary N) is 2. The second-order valence-electron chi connectivity index (χ2n) is 3.67. The number of hydrogen-bond acceptors (Lipinski definition) is 5. The number of nitriles is 1. The van der Waals surface area contributed by atoms with E-state index in [2.05, 4.69) is 10.6 Å². The average molecular weight is 234 g/mol. The Balaban J connectivity index is 2.84. The van der Waals surface area contributed by atoms with Crippen LogP contribution in [0.2, 0.25) is 0 Å². The van der Waals surface area contributed by atoms with E-state index in [9.17, 15) is 10.1 Å². The Kier molecular flexibility index (Phi) is 4.43. The molecule has 1 unspecified atom stereocenters. The van der Waals surface area contributed by atoms with Gasteiger partial charge in [0, 0.05) is 24.3 Å². The number of hydrogen-bond donors (Lipinski definition) is 2. The first-order valence-corrected chi connectivity index (χ1v) is 5.18. The monoisotopic (exact) mass is 234 g/mol. The summed E-state index contributed by atoms with van der Waals surface area (Å²) in [6, 6.07) is 6.52. The summed E-state index contributed by atoms with van der Waals surface area (Å²) in [4.78, 5) is 10.1. The number of likely N-dealkylation sites (N-methyl/N-ethyl adjacent to an activating group) is 1. The van der Waals surface area contributed by atoms with Gasteiger partial charge >= 0.3 is 0 Å². The van der Waals surface area contributed by atoms with Crippen molar-refractivity contribution >= 4 is 11.4 Å². The fourth-order valence-electron chi connectivity index (χ4n) is 1.27. The van der Waals surface area contributed by atoms with Crippen LogP contribution in [-0.2, 0) is 0 Å². The van der Waals surface area contributed by atoms with Crippen LogP contribution in [0, 0.1) is 21.4 Å². The summed E-state index contributed by atoms with van der Waals surface area (Å²) in [6.07, 6.45) is 0. The van der Waals surface area contributed by atoms with E-state index in [0.29, 0.717) is 12.2 Å². The van der Waals surface area contributed by atoms with E-state index in [1.54, 1.807) is 6.07 Å². The molecule has 1 aromatic carbocycles. The molecule has 17 heavy (non-hydrogen) atoms. The van der Waals surface area contributed by atoms with Gasteiger partial charge in [0.2, 0.25) is 0 Å². The van der Waals surface area contributed by atoms with Crippen molar-refractivity contribution in [1.29, 1.82) is 5.26 Å². The zero-order chi connectivity index (χ0) is 12.8. The lowest BCUT2D eigenvalue weighted by Gasteiger charge is -2.12. The number of nitrogens with zero attached hydrogens (tertiary/aromatic N) is 2. The van der Waals surface area contributed by atoms with E-state index in [4.69, 9.17) is 5.26 Å². The van der Waals surface area contributed by atoms with E-state index >= 15 is 0 Å². The first-order valence-electron chi connectivity index (χ1n) is 5.18. The molecule has 0 aromatic heterocycles. The van der Waals surface area contributed by atoms with Crippen LogP contribution in [0.5, 0.6) is 0 Å². The lowest BCUT2D eigenvalue weighted by atomic mass is 10.1. The van der Waals surface area contributed by atoms with Crippen LogP contribution in [0.4, 0.5) is 11.4 Å². The maximum atomic E-state index is 10.6.